The molecule has 3 nitrogen and oxygen atoms in total. The van der Waals surface area contributed by atoms with Crippen LogP contribution < -0.4 is 4.74 Å². The first kappa shape index (κ1) is 32.3. The van der Waals surface area contributed by atoms with Crippen LogP contribution in [0.25, 0.3) is 96.0 Å². The molecule has 0 unspecified atom stereocenters. The Labute approximate surface area is 336 Å². The summed E-state index contributed by atoms with van der Waals surface area (Å²) in [6.07, 6.45) is 0. The van der Waals surface area contributed by atoms with E-state index in [2.05, 4.69) is 203 Å². The monoisotopic (exact) mass is 764 g/mol. The molecular formula is C52H32N2OS2. The third-order valence-electron chi connectivity index (χ3n) is 11.2. The Kier molecular flexibility index (Phi) is 7.27. The van der Waals surface area contributed by atoms with Crippen LogP contribution in [0, 0.1) is 0 Å². The number of benzene rings is 8. The maximum absolute atomic E-state index is 7.44. The van der Waals surface area contributed by atoms with Crippen molar-refractivity contribution in [1.29, 1.82) is 0 Å². The molecule has 0 saturated carbocycles. The average Bonchev–Trinajstić information content (AvgIpc) is 4.02. The third kappa shape index (κ3) is 5.03. The molecule has 4 heterocycles. The molecule has 0 radical (unpaired) electrons. The minimum absolute atomic E-state index is 0.890. The molecular weight excluding hydrogens is 733 g/mol. The van der Waals surface area contributed by atoms with Crippen molar-refractivity contribution in [1.82, 2.24) is 9.13 Å². The summed E-state index contributed by atoms with van der Waals surface area (Å²) in [4.78, 5) is 2.23. The van der Waals surface area contributed by atoms with Crippen LogP contribution in [0.4, 0.5) is 0 Å². The lowest BCUT2D eigenvalue weighted by Crippen LogP contribution is -1.93. The molecule has 0 spiro atoms. The Hall–Kier alpha value is -6.92. The van der Waals surface area contributed by atoms with Gasteiger partial charge in [0.2, 0.25) is 0 Å². The second-order valence-corrected chi connectivity index (χ2v) is 16.6. The minimum atomic E-state index is 0.890. The Morgan fingerprint density at radius 2 is 0.684 bits per heavy atom. The largest absolute Gasteiger partial charge is 0.453 e. The summed E-state index contributed by atoms with van der Waals surface area (Å²) in [6.45, 7) is 0. The number of nitrogens with zero attached hydrogens (tertiary/aromatic N) is 2. The highest BCUT2D eigenvalue weighted by Crippen LogP contribution is 2.52. The molecule has 0 aliphatic heterocycles. The lowest BCUT2D eigenvalue weighted by Gasteiger charge is -2.12. The predicted octanol–water partition coefficient (Wildman–Crippen LogP) is 15.4. The number of thiophene rings is 2. The van der Waals surface area contributed by atoms with Crippen molar-refractivity contribution in [2.75, 3.05) is 0 Å². The number of ether oxygens (including phenoxy) is 1. The normalized spacial score (nSPS) is 11.9. The number of fused-ring (bicyclic) bond motifs is 8. The Morgan fingerprint density at radius 1 is 0.316 bits per heavy atom. The van der Waals surface area contributed by atoms with E-state index in [1.54, 1.807) is 22.7 Å². The van der Waals surface area contributed by atoms with Gasteiger partial charge in [-0.2, -0.15) is 0 Å². The van der Waals surface area contributed by atoms with E-state index >= 15 is 0 Å². The van der Waals surface area contributed by atoms with Crippen molar-refractivity contribution in [3.05, 3.63) is 194 Å². The first-order chi connectivity index (χ1) is 28.3. The Balaban J connectivity index is 1.07. The second-order valence-electron chi connectivity index (χ2n) is 14.5. The molecule has 5 heteroatoms. The molecule has 0 N–H and O–H groups in total. The van der Waals surface area contributed by atoms with E-state index < -0.39 is 0 Å². The predicted molar refractivity (Wildman–Crippen MR) is 243 cm³/mol. The number of rotatable bonds is 6. The van der Waals surface area contributed by atoms with E-state index in [-0.39, 0.29) is 0 Å². The zero-order valence-corrected chi connectivity index (χ0v) is 32.2. The molecule has 0 atom stereocenters. The Morgan fingerprint density at radius 3 is 1.14 bits per heavy atom. The summed E-state index contributed by atoms with van der Waals surface area (Å²) >= 11 is 3.59. The van der Waals surface area contributed by atoms with Crippen LogP contribution in [0.1, 0.15) is 0 Å². The molecule has 0 amide bonds. The van der Waals surface area contributed by atoms with Crippen molar-refractivity contribution >= 4 is 86.5 Å². The number of para-hydroxylation sites is 4. The van der Waals surface area contributed by atoms with Gasteiger partial charge in [-0.1, -0.05) is 121 Å². The standard InChI is InChI=1S/C52H32N2OS2/c1-3-15-35(16-4-1)53-43-23-11-7-19-37(43)39-29-27-33(31-45(39)53)51-49(41-21-9-13-25-47(41)56-51)55-50-42-22-10-14-26-48(42)57-52(50)34-28-30-40-38-20-8-12-24-44(38)54(46(40)32-34)36-17-5-2-6-18-36/h1-32H. The van der Waals surface area contributed by atoms with Crippen LogP contribution in [-0.4, -0.2) is 9.13 Å². The molecule has 268 valence electrons. The van der Waals surface area contributed by atoms with Gasteiger partial charge in [-0.3, -0.25) is 0 Å². The first-order valence-electron chi connectivity index (χ1n) is 19.2. The topological polar surface area (TPSA) is 19.1 Å². The van der Waals surface area contributed by atoms with E-state index in [0.29, 0.717) is 0 Å². The fourth-order valence-corrected chi connectivity index (χ4v) is 10.9. The van der Waals surface area contributed by atoms with E-state index in [9.17, 15) is 0 Å². The molecule has 8 aromatic carbocycles. The minimum Gasteiger partial charge on any atom is -0.453 e. The van der Waals surface area contributed by atoms with Gasteiger partial charge in [-0.25, -0.2) is 0 Å². The molecule has 57 heavy (non-hydrogen) atoms. The van der Waals surface area contributed by atoms with Gasteiger partial charge in [-0.15, -0.1) is 22.7 Å². The van der Waals surface area contributed by atoms with Gasteiger partial charge in [0.25, 0.3) is 0 Å². The molecule has 0 saturated heterocycles. The fourth-order valence-electron chi connectivity index (χ4n) is 8.66. The molecule has 0 fully saturated rings. The summed E-state index contributed by atoms with van der Waals surface area (Å²) in [5, 5.41) is 7.18. The van der Waals surface area contributed by atoms with E-state index in [1.165, 1.54) is 53.0 Å². The second kappa shape index (κ2) is 12.8. The number of aromatic nitrogens is 2. The molecule has 0 bridgehead atoms. The summed E-state index contributed by atoms with van der Waals surface area (Å²) in [6, 6.07) is 69.8. The molecule has 12 rings (SSSR count). The van der Waals surface area contributed by atoms with E-state index in [0.717, 1.165) is 54.5 Å². The van der Waals surface area contributed by atoms with Crippen LogP contribution in [-0.2, 0) is 0 Å². The summed E-state index contributed by atoms with van der Waals surface area (Å²) in [5.74, 6) is 1.78. The van der Waals surface area contributed by atoms with Gasteiger partial charge in [0.1, 0.15) is 0 Å². The highest BCUT2D eigenvalue weighted by atomic mass is 32.1. The summed E-state index contributed by atoms with van der Waals surface area (Å²) in [5.41, 5.74) is 9.29. The van der Waals surface area contributed by atoms with Gasteiger partial charge < -0.3 is 13.9 Å². The highest BCUT2D eigenvalue weighted by molar-refractivity contribution is 7.23. The van der Waals surface area contributed by atoms with Gasteiger partial charge in [-0.05, 0) is 83.9 Å². The first-order valence-corrected chi connectivity index (χ1v) is 20.8. The van der Waals surface area contributed by atoms with E-state index in [1.807, 2.05) is 0 Å². The van der Waals surface area contributed by atoms with Crippen LogP contribution in [0.5, 0.6) is 11.5 Å². The van der Waals surface area contributed by atoms with Crippen LogP contribution in [0.3, 0.4) is 0 Å². The Bertz CT molecular complexity index is 3260. The van der Waals surface area contributed by atoms with E-state index in [4.69, 9.17) is 4.74 Å². The highest BCUT2D eigenvalue weighted by Gasteiger charge is 2.24. The summed E-state index contributed by atoms with van der Waals surface area (Å²) in [7, 11) is 0. The van der Waals surface area contributed by atoms with Gasteiger partial charge in [0.05, 0.1) is 31.8 Å². The van der Waals surface area contributed by atoms with Crippen molar-refractivity contribution in [3.8, 4) is 43.8 Å². The molecule has 12 aromatic rings. The quantitative estimate of drug-likeness (QED) is 0.165. The van der Waals surface area contributed by atoms with Crippen molar-refractivity contribution < 1.29 is 4.74 Å². The lowest BCUT2D eigenvalue weighted by molar-refractivity contribution is 0.501. The molecule has 0 aliphatic carbocycles. The number of hydrogen-bond acceptors (Lipinski definition) is 3. The van der Waals surface area contributed by atoms with Crippen LogP contribution >= 0.6 is 22.7 Å². The van der Waals surface area contributed by atoms with Crippen molar-refractivity contribution in [3.63, 3.8) is 0 Å². The molecule has 0 aliphatic rings. The van der Waals surface area contributed by atoms with Crippen LogP contribution in [0.2, 0.25) is 0 Å². The number of hydrogen-bond donors (Lipinski definition) is 0. The zero-order chi connectivity index (χ0) is 37.5. The van der Waals surface area contributed by atoms with Crippen LogP contribution in [0.15, 0.2) is 194 Å². The average molecular weight is 765 g/mol. The van der Waals surface area contributed by atoms with Gasteiger partial charge >= 0.3 is 0 Å². The fraction of sp³-hybridized carbons (Fsp3) is 0. The van der Waals surface area contributed by atoms with Gasteiger partial charge in [0, 0.05) is 53.1 Å². The smallest absolute Gasteiger partial charge is 0.153 e. The van der Waals surface area contributed by atoms with Gasteiger partial charge in [0.15, 0.2) is 11.5 Å². The summed E-state index contributed by atoms with van der Waals surface area (Å²) < 4.78 is 14.6. The zero-order valence-electron chi connectivity index (χ0n) is 30.6. The molecule has 4 aromatic heterocycles. The lowest BCUT2D eigenvalue weighted by atomic mass is 10.1. The maximum atomic E-state index is 7.44. The van der Waals surface area contributed by atoms with Crippen molar-refractivity contribution in [2.45, 2.75) is 0 Å². The van der Waals surface area contributed by atoms with Crippen molar-refractivity contribution in [2.24, 2.45) is 0 Å². The third-order valence-corrected chi connectivity index (χ3v) is 13.6. The SMILES string of the molecule is c1ccc(-n2c3ccccc3c3ccc(-c4sc5ccccc5c4Oc4c(-c5ccc6c7ccccc7n(-c7ccccc7)c6c5)sc5ccccc45)cc32)cc1. The maximum Gasteiger partial charge on any atom is 0.153 e.